The molecule has 0 fully saturated rings. The Hall–Kier alpha value is -1.69. The molecule has 0 saturated heterocycles. The fraction of sp³-hybridized carbons (Fsp3) is 0.312. The first-order chi connectivity index (χ1) is 10.1. The Kier molecular flexibility index (Phi) is 4.42. The molecule has 1 heterocycles. The summed E-state index contributed by atoms with van der Waals surface area (Å²) < 4.78 is 34.3. The molecule has 0 N–H and O–H groups in total. The van der Waals surface area contributed by atoms with Crippen molar-refractivity contribution < 1.29 is 18.3 Å². The van der Waals surface area contributed by atoms with Crippen LogP contribution >= 0.6 is 15.9 Å². The van der Waals surface area contributed by atoms with Gasteiger partial charge in [-0.3, -0.25) is 4.57 Å². The van der Waals surface area contributed by atoms with Gasteiger partial charge in [-0.05, 0) is 67.4 Å². The highest BCUT2D eigenvalue weighted by atomic mass is 79.9. The Bertz CT molecular complexity index is 732. The normalized spacial score (nSPS) is 11.6. The molecule has 0 unspecified atom stereocenters. The minimum absolute atomic E-state index is 0.135. The van der Waals surface area contributed by atoms with Gasteiger partial charge in [0.05, 0.1) is 5.69 Å². The number of benzene rings is 1. The lowest BCUT2D eigenvalue weighted by atomic mass is 10.0. The Morgan fingerprint density at radius 1 is 1.27 bits per heavy atom. The molecular formula is C16H16BrF2NO2. The fourth-order valence-corrected chi connectivity index (χ4v) is 2.45. The molecule has 118 valence electrons. The molecule has 0 spiro atoms. The van der Waals surface area contributed by atoms with E-state index in [0.29, 0.717) is 15.7 Å². The second-order valence-corrected chi connectivity index (χ2v) is 6.84. The van der Waals surface area contributed by atoms with E-state index in [9.17, 15) is 13.6 Å². The summed E-state index contributed by atoms with van der Waals surface area (Å²) in [4.78, 5) is 12.3. The van der Waals surface area contributed by atoms with Gasteiger partial charge in [0.25, 0.3) is 0 Å². The summed E-state index contributed by atoms with van der Waals surface area (Å²) in [7, 11) is 0. The van der Waals surface area contributed by atoms with Crippen molar-refractivity contribution in [1.82, 2.24) is 4.57 Å². The molecule has 1 aromatic carbocycles. The van der Waals surface area contributed by atoms with E-state index in [1.165, 1.54) is 23.8 Å². The molecule has 0 aliphatic rings. The quantitative estimate of drug-likeness (QED) is 0.681. The standard InChI is InChI=1S/C16H16BrF2NO2/c1-9-11(5-6-12(18)14(9)19)13-7-10(17)8-20(13)15(21)22-16(2,3)4/h5-8H,1-4H3. The zero-order chi connectivity index (χ0) is 16.7. The van der Waals surface area contributed by atoms with Gasteiger partial charge in [0.2, 0.25) is 0 Å². The van der Waals surface area contributed by atoms with Gasteiger partial charge in [-0.1, -0.05) is 0 Å². The van der Waals surface area contributed by atoms with Crippen molar-refractivity contribution in [2.45, 2.75) is 33.3 Å². The summed E-state index contributed by atoms with van der Waals surface area (Å²) in [6, 6.07) is 4.14. The van der Waals surface area contributed by atoms with E-state index in [-0.39, 0.29) is 5.56 Å². The van der Waals surface area contributed by atoms with Crippen LogP contribution in [0.4, 0.5) is 13.6 Å². The van der Waals surface area contributed by atoms with E-state index >= 15 is 0 Å². The van der Waals surface area contributed by atoms with Crippen molar-refractivity contribution in [3.63, 3.8) is 0 Å². The molecule has 0 atom stereocenters. The molecule has 6 heteroatoms. The molecule has 2 rings (SSSR count). The summed E-state index contributed by atoms with van der Waals surface area (Å²) in [6.45, 7) is 6.73. The predicted octanol–water partition coefficient (Wildman–Crippen LogP) is 5.29. The lowest BCUT2D eigenvalue weighted by Crippen LogP contribution is -2.27. The third-order valence-electron chi connectivity index (χ3n) is 2.99. The Balaban J connectivity index is 2.54. The van der Waals surface area contributed by atoms with E-state index in [4.69, 9.17) is 4.74 Å². The predicted molar refractivity (Wildman–Crippen MR) is 83.9 cm³/mol. The highest BCUT2D eigenvalue weighted by Crippen LogP contribution is 2.30. The molecule has 0 bridgehead atoms. The number of aromatic nitrogens is 1. The van der Waals surface area contributed by atoms with Crippen molar-refractivity contribution in [2.24, 2.45) is 0 Å². The second-order valence-electron chi connectivity index (χ2n) is 5.93. The zero-order valence-electron chi connectivity index (χ0n) is 12.7. The molecule has 22 heavy (non-hydrogen) atoms. The number of rotatable bonds is 1. The average molecular weight is 372 g/mol. The topological polar surface area (TPSA) is 31.2 Å². The highest BCUT2D eigenvalue weighted by Gasteiger charge is 2.22. The molecule has 0 aliphatic heterocycles. The van der Waals surface area contributed by atoms with E-state index in [2.05, 4.69) is 15.9 Å². The maximum Gasteiger partial charge on any atom is 0.419 e. The first kappa shape index (κ1) is 16.7. The van der Waals surface area contributed by atoms with Crippen LogP contribution < -0.4 is 0 Å². The van der Waals surface area contributed by atoms with Crippen LogP contribution in [0.1, 0.15) is 26.3 Å². The third-order valence-corrected chi connectivity index (χ3v) is 3.43. The second kappa shape index (κ2) is 5.83. The Labute approximate surface area is 136 Å². The monoisotopic (exact) mass is 371 g/mol. The van der Waals surface area contributed by atoms with Crippen LogP contribution in [0.25, 0.3) is 11.3 Å². The highest BCUT2D eigenvalue weighted by molar-refractivity contribution is 9.10. The molecule has 0 aliphatic carbocycles. The van der Waals surface area contributed by atoms with Crippen molar-refractivity contribution >= 4 is 22.0 Å². The lowest BCUT2D eigenvalue weighted by Gasteiger charge is -2.20. The Morgan fingerprint density at radius 2 is 1.91 bits per heavy atom. The number of carbonyl (C=O) groups is 1. The smallest absolute Gasteiger partial charge is 0.419 e. The first-order valence-corrected chi connectivity index (χ1v) is 7.45. The molecule has 0 saturated carbocycles. The van der Waals surface area contributed by atoms with Gasteiger partial charge in [0, 0.05) is 16.2 Å². The molecular weight excluding hydrogens is 356 g/mol. The van der Waals surface area contributed by atoms with Crippen LogP contribution in [0.3, 0.4) is 0 Å². The fourth-order valence-electron chi connectivity index (χ4n) is 2.03. The number of carbonyl (C=O) groups excluding carboxylic acids is 1. The van der Waals surface area contributed by atoms with Gasteiger partial charge >= 0.3 is 6.09 Å². The average Bonchev–Trinajstić information content (AvgIpc) is 2.76. The molecule has 0 radical (unpaired) electrons. The minimum Gasteiger partial charge on any atom is -0.443 e. The molecule has 2 aromatic rings. The van der Waals surface area contributed by atoms with E-state index < -0.39 is 23.3 Å². The van der Waals surface area contributed by atoms with Gasteiger partial charge in [0.1, 0.15) is 5.60 Å². The third kappa shape index (κ3) is 3.38. The van der Waals surface area contributed by atoms with E-state index in [0.717, 1.165) is 6.07 Å². The van der Waals surface area contributed by atoms with Crippen molar-refractivity contribution in [1.29, 1.82) is 0 Å². The summed E-state index contributed by atoms with van der Waals surface area (Å²) in [6.07, 6.45) is 0.946. The number of ether oxygens (including phenoxy) is 1. The minimum atomic E-state index is -0.925. The van der Waals surface area contributed by atoms with Crippen molar-refractivity contribution in [3.05, 3.63) is 46.1 Å². The van der Waals surface area contributed by atoms with E-state index in [1.54, 1.807) is 26.8 Å². The molecule has 3 nitrogen and oxygen atoms in total. The van der Waals surface area contributed by atoms with Gasteiger partial charge in [-0.15, -0.1) is 0 Å². The summed E-state index contributed by atoms with van der Waals surface area (Å²) in [5.41, 5.74) is 0.331. The number of halogens is 3. The summed E-state index contributed by atoms with van der Waals surface area (Å²) >= 11 is 3.29. The van der Waals surface area contributed by atoms with Crippen LogP contribution in [0.5, 0.6) is 0 Å². The number of hydrogen-bond acceptors (Lipinski definition) is 2. The van der Waals surface area contributed by atoms with E-state index in [1.807, 2.05) is 0 Å². The maximum atomic E-state index is 13.8. The zero-order valence-corrected chi connectivity index (χ0v) is 14.3. The van der Waals surface area contributed by atoms with Gasteiger partial charge in [0.15, 0.2) is 11.6 Å². The largest absolute Gasteiger partial charge is 0.443 e. The molecule has 1 aromatic heterocycles. The van der Waals surface area contributed by atoms with Gasteiger partial charge in [-0.25, -0.2) is 13.6 Å². The lowest BCUT2D eigenvalue weighted by molar-refractivity contribution is 0.0540. The summed E-state index contributed by atoms with van der Waals surface area (Å²) in [5, 5.41) is 0. The number of hydrogen-bond donors (Lipinski definition) is 0. The Morgan fingerprint density at radius 3 is 2.50 bits per heavy atom. The summed E-state index contributed by atoms with van der Waals surface area (Å²) in [5.74, 6) is -1.85. The van der Waals surface area contributed by atoms with Crippen LogP contribution in [0, 0.1) is 18.6 Å². The molecule has 0 amide bonds. The van der Waals surface area contributed by atoms with Crippen LogP contribution in [-0.2, 0) is 4.74 Å². The van der Waals surface area contributed by atoms with Crippen LogP contribution in [-0.4, -0.2) is 16.3 Å². The maximum absolute atomic E-state index is 13.8. The number of nitrogens with zero attached hydrogens (tertiary/aromatic N) is 1. The van der Waals surface area contributed by atoms with Gasteiger partial charge in [-0.2, -0.15) is 0 Å². The van der Waals surface area contributed by atoms with Crippen molar-refractivity contribution in [2.75, 3.05) is 0 Å². The van der Waals surface area contributed by atoms with Crippen molar-refractivity contribution in [3.8, 4) is 11.3 Å². The van der Waals surface area contributed by atoms with Gasteiger partial charge < -0.3 is 4.74 Å². The first-order valence-electron chi connectivity index (χ1n) is 6.66. The van der Waals surface area contributed by atoms with Crippen LogP contribution in [0.2, 0.25) is 0 Å². The van der Waals surface area contributed by atoms with Crippen LogP contribution in [0.15, 0.2) is 28.9 Å². The SMILES string of the molecule is Cc1c(-c2cc(Br)cn2C(=O)OC(C)(C)C)ccc(F)c1F.